The second kappa shape index (κ2) is 9.61. The number of aryl methyl sites for hydroxylation is 1. The Hall–Kier alpha value is -3.09. The molecule has 1 aliphatic heterocycles. The summed E-state index contributed by atoms with van der Waals surface area (Å²) in [6, 6.07) is 10.1. The van der Waals surface area contributed by atoms with E-state index >= 15 is 0 Å². The molecule has 0 radical (unpaired) electrons. The van der Waals surface area contributed by atoms with Crippen LogP contribution in [0, 0.1) is 6.92 Å². The molecule has 1 aromatic carbocycles. The molecule has 0 atom stereocenters. The van der Waals surface area contributed by atoms with Gasteiger partial charge in [-0.15, -0.1) is 0 Å². The smallest absolute Gasteiger partial charge is 0.268 e. The monoisotopic (exact) mass is 410 g/mol. The zero-order valence-electron chi connectivity index (χ0n) is 18.0. The van der Waals surface area contributed by atoms with Crippen LogP contribution in [0.25, 0.3) is 0 Å². The SMILES string of the molecule is CCCc1c(C(=O)NCC(=O)N2CCN(c3ccccc3)CC2)[nH]c(C)c1C(C)=O. The van der Waals surface area contributed by atoms with Crippen LogP contribution in [-0.2, 0) is 11.2 Å². The quantitative estimate of drug-likeness (QED) is 0.687. The predicted octanol–water partition coefficient (Wildman–Crippen LogP) is 2.56. The van der Waals surface area contributed by atoms with Gasteiger partial charge in [0.25, 0.3) is 5.91 Å². The lowest BCUT2D eigenvalue weighted by molar-refractivity contribution is -0.130. The lowest BCUT2D eigenvalue weighted by atomic mass is 10.0. The first-order valence-electron chi connectivity index (χ1n) is 10.5. The summed E-state index contributed by atoms with van der Waals surface area (Å²) >= 11 is 0. The van der Waals surface area contributed by atoms with Crippen LogP contribution >= 0.6 is 0 Å². The van der Waals surface area contributed by atoms with E-state index in [1.807, 2.05) is 25.1 Å². The third-order valence-corrected chi connectivity index (χ3v) is 5.52. The molecule has 0 saturated carbocycles. The summed E-state index contributed by atoms with van der Waals surface area (Å²) in [7, 11) is 0. The van der Waals surface area contributed by atoms with Crippen LogP contribution in [-0.4, -0.2) is 60.2 Å². The van der Waals surface area contributed by atoms with Crippen molar-refractivity contribution in [3.8, 4) is 0 Å². The fraction of sp³-hybridized carbons (Fsp3) is 0.435. The number of nitrogens with zero attached hydrogens (tertiary/aromatic N) is 2. The van der Waals surface area contributed by atoms with Gasteiger partial charge in [0.05, 0.1) is 6.54 Å². The van der Waals surface area contributed by atoms with Crippen molar-refractivity contribution in [1.82, 2.24) is 15.2 Å². The number of H-pyrrole nitrogens is 1. The molecule has 0 spiro atoms. The van der Waals surface area contributed by atoms with Gasteiger partial charge in [-0.25, -0.2) is 0 Å². The van der Waals surface area contributed by atoms with Gasteiger partial charge in [-0.1, -0.05) is 31.5 Å². The molecule has 30 heavy (non-hydrogen) atoms. The maximum absolute atomic E-state index is 12.7. The normalized spacial score (nSPS) is 14.0. The fourth-order valence-corrected chi connectivity index (χ4v) is 4.06. The molecular formula is C23H30N4O3. The van der Waals surface area contributed by atoms with Crippen molar-refractivity contribution in [3.63, 3.8) is 0 Å². The zero-order valence-corrected chi connectivity index (χ0v) is 18.0. The molecule has 2 heterocycles. The zero-order chi connectivity index (χ0) is 21.7. The molecule has 1 fully saturated rings. The lowest BCUT2D eigenvalue weighted by Gasteiger charge is -2.36. The van der Waals surface area contributed by atoms with E-state index in [9.17, 15) is 14.4 Å². The number of ketones is 1. The molecule has 2 amide bonds. The van der Waals surface area contributed by atoms with Gasteiger partial charge < -0.3 is 20.1 Å². The van der Waals surface area contributed by atoms with Gasteiger partial charge in [-0.2, -0.15) is 0 Å². The topological polar surface area (TPSA) is 85.5 Å². The number of rotatable bonds is 7. The van der Waals surface area contributed by atoms with Crippen molar-refractivity contribution >= 4 is 23.3 Å². The third-order valence-electron chi connectivity index (χ3n) is 5.52. The molecular weight excluding hydrogens is 380 g/mol. The van der Waals surface area contributed by atoms with Gasteiger partial charge in [0.2, 0.25) is 5.91 Å². The van der Waals surface area contributed by atoms with Crippen LogP contribution in [0.3, 0.4) is 0 Å². The van der Waals surface area contributed by atoms with Gasteiger partial charge in [0.1, 0.15) is 5.69 Å². The number of piperazine rings is 1. The molecule has 3 rings (SSSR count). The number of nitrogens with one attached hydrogen (secondary N) is 2. The Morgan fingerprint density at radius 2 is 1.73 bits per heavy atom. The van der Waals surface area contributed by atoms with Crippen molar-refractivity contribution in [3.05, 3.63) is 52.8 Å². The molecule has 1 aliphatic rings. The number of amides is 2. The second-order valence-corrected chi connectivity index (χ2v) is 7.67. The van der Waals surface area contributed by atoms with Gasteiger partial charge in [-0.05, 0) is 38.0 Å². The number of carbonyl (C=O) groups is 3. The highest BCUT2D eigenvalue weighted by molar-refractivity contribution is 6.03. The van der Waals surface area contributed by atoms with Gasteiger partial charge in [0, 0.05) is 43.1 Å². The first kappa shape index (κ1) is 21.6. The fourth-order valence-electron chi connectivity index (χ4n) is 4.06. The molecule has 1 aromatic heterocycles. The standard InChI is InChI=1S/C23H30N4O3/c1-4-8-19-21(17(3)28)16(2)25-22(19)23(30)24-15-20(29)27-13-11-26(12-14-27)18-9-6-5-7-10-18/h5-7,9-10,25H,4,8,11-15H2,1-3H3,(H,24,30). The number of aromatic nitrogens is 1. The number of hydrogen-bond donors (Lipinski definition) is 2. The maximum atomic E-state index is 12.7. The number of benzene rings is 1. The van der Waals surface area contributed by atoms with Gasteiger partial charge >= 0.3 is 0 Å². The average Bonchev–Trinajstić information content (AvgIpc) is 3.09. The summed E-state index contributed by atoms with van der Waals surface area (Å²) < 4.78 is 0. The van der Waals surface area contributed by atoms with Crippen molar-refractivity contribution in [2.75, 3.05) is 37.6 Å². The van der Waals surface area contributed by atoms with Crippen molar-refractivity contribution < 1.29 is 14.4 Å². The highest BCUT2D eigenvalue weighted by Crippen LogP contribution is 2.21. The van der Waals surface area contributed by atoms with Crippen molar-refractivity contribution in [2.45, 2.75) is 33.6 Å². The Morgan fingerprint density at radius 1 is 1.07 bits per heavy atom. The summed E-state index contributed by atoms with van der Waals surface area (Å²) in [5.41, 5.74) is 3.57. The van der Waals surface area contributed by atoms with Crippen LogP contribution in [0.1, 0.15) is 52.4 Å². The van der Waals surface area contributed by atoms with E-state index in [1.165, 1.54) is 6.92 Å². The number of para-hydroxylation sites is 1. The van der Waals surface area contributed by atoms with E-state index in [1.54, 1.807) is 11.8 Å². The van der Waals surface area contributed by atoms with E-state index in [-0.39, 0.29) is 24.1 Å². The van der Waals surface area contributed by atoms with Crippen molar-refractivity contribution in [1.29, 1.82) is 0 Å². The molecule has 0 bridgehead atoms. The average molecular weight is 411 g/mol. The van der Waals surface area contributed by atoms with Gasteiger partial charge in [-0.3, -0.25) is 14.4 Å². The Labute approximate surface area is 177 Å². The molecule has 0 unspecified atom stereocenters. The van der Waals surface area contributed by atoms with Crippen LogP contribution in [0.15, 0.2) is 30.3 Å². The summed E-state index contributed by atoms with van der Waals surface area (Å²) in [5.74, 6) is -0.493. The summed E-state index contributed by atoms with van der Waals surface area (Å²) in [5, 5.41) is 2.73. The van der Waals surface area contributed by atoms with E-state index in [2.05, 4.69) is 27.3 Å². The Kier molecular flexibility index (Phi) is 6.92. The van der Waals surface area contributed by atoms with Crippen LogP contribution in [0.4, 0.5) is 5.69 Å². The predicted molar refractivity (Wildman–Crippen MR) is 117 cm³/mol. The van der Waals surface area contributed by atoms with E-state index in [0.717, 1.165) is 30.8 Å². The number of aromatic amines is 1. The van der Waals surface area contributed by atoms with E-state index in [4.69, 9.17) is 0 Å². The highest BCUT2D eigenvalue weighted by atomic mass is 16.2. The minimum atomic E-state index is -0.342. The first-order valence-corrected chi connectivity index (χ1v) is 10.5. The minimum absolute atomic E-state index is 0.0524. The molecule has 1 saturated heterocycles. The molecule has 2 N–H and O–H groups in total. The van der Waals surface area contributed by atoms with Crippen molar-refractivity contribution in [2.24, 2.45) is 0 Å². The van der Waals surface area contributed by atoms with Crippen LogP contribution < -0.4 is 10.2 Å². The highest BCUT2D eigenvalue weighted by Gasteiger charge is 2.24. The Balaban J connectivity index is 1.57. The Bertz CT molecular complexity index is 912. The number of hydrogen-bond acceptors (Lipinski definition) is 4. The first-order chi connectivity index (χ1) is 14.4. The molecule has 2 aromatic rings. The van der Waals surface area contributed by atoms with Crippen LogP contribution in [0.2, 0.25) is 0 Å². The van der Waals surface area contributed by atoms with E-state index < -0.39 is 0 Å². The summed E-state index contributed by atoms with van der Waals surface area (Å²) in [6.07, 6.45) is 1.46. The second-order valence-electron chi connectivity index (χ2n) is 7.67. The maximum Gasteiger partial charge on any atom is 0.268 e. The number of carbonyl (C=O) groups excluding carboxylic acids is 3. The summed E-state index contributed by atoms with van der Waals surface area (Å²) in [6.45, 7) is 8.04. The molecule has 7 heteroatoms. The third kappa shape index (κ3) is 4.72. The molecule has 7 nitrogen and oxygen atoms in total. The number of anilines is 1. The van der Waals surface area contributed by atoms with Gasteiger partial charge in [0.15, 0.2) is 5.78 Å². The minimum Gasteiger partial charge on any atom is -0.368 e. The van der Waals surface area contributed by atoms with E-state index in [0.29, 0.717) is 36.5 Å². The largest absolute Gasteiger partial charge is 0.368 e. The molecule has 160 valence electrons. The Morgan fingerprint density at radius 3 is 2.33 bits per heavy atom. The molecule has 0 aliphatic carbocycles. The number of Topliss-reactive ketones (excluding diaryl/α,β-unsaturated/α-hetero) is 1. The van der Waals surface area contributed by atoms with Crippen LogP contribution in [0.5, 0.6) is 0 Å². The summed E-state index contributed by atoms with van der Waals surface area (Å²) in [4.78, 5) is 44.4. The lowest BCUT2D eigenvalue weighted by Crippen LogP contribution is -2.51.